The maximum Gasteiger partial charge on any atom is 0.567 e. The summed E-state index contributed by atoms with van der Waals surface area (Å²) < 4.78 is 11.9. The molecular weight excluding hydrogens is 1680 g/mol. The number of rotatable bonds is 16. The summed E-state index contributed by atoms with van der Waals surface area (Å²) in [5.41, 5.74) is 8.66. The normalized spacial score (nSPS) is 9.83. The van der Waals surface area contributed by atoms with Gasteiger partial charge in [0, 0.05) is 60.9 Å². The molecule has 7 aromatic heterocycles. The molecule has 726 valence electrons. The van der Waals surface area contributed by atoms with E-state index in [1.54, 1.807) is 35.4 Å². The number of aromatic nitrogens is 12. The lowest BCUT2D eigenvalue weighted by Crippen LogP contribution is -2.70. The zero-order valence-electron chi connectivity index (χ0n) is 89.8. The van der Waals surface area contributed by atoms with Crippen molar-refractivity contribution >= 4 is 96.5 Å². The van der Waals surface area contributed by atoms with E-state index in [0.717, 1.165) is 46.6 Å². The van der Waals surface area contributed by atoms with Crippen LogP contribution in [0.1, 0.15) is 234 Å². The molecule has 22 heteroatoms. The highest BCUT2D eigenvalue weighted by molar-refractivity contribution is 7.70. The van der Waals surface area contributed by atoms with Crippen molar-refractivity contribution < 1.29 is 13.9 Å². The first-order chi connectivity index (χ1) is 64.5. The largest absolute Gasteiger partial charge is 0.567 e. The van der Waals surface area contributed by atoms with E-state index in [4.69, 9.17) is 0 Å². The molecule has 0 saturated carbocycles. The maximum absolute atomic E-state index is 4.64. The average Bonchev–Trinajstić information content (AvgIpc) is 1.74. The van der Waals surface area contributed by atoms with Gasteiger partial charge in [0.25, 0.3) is 0 Å². The molecule has 0 atom stereocenters. The van der Waals surface area contributed by atoms with Crippen LogP contribution in [0.25, 0.3) is 28.3 Å². The minimum Gasteiger partial charge on any atom is -0.369 e. The highest BCUT2D eigenvalue weighted by Gasteiger charge is 2.50. The molecule has 0 fully saturated rings. The summed E-state index contributed by atoms with van der Waals surface area (Å²) in [6, 6.07) is 81.7. The molecule has 0 saturated heterocycles. The smallest absolute Gasteiger partial charge is 0.369 e. The molecule has 9 heterocycles. The molecule has 2 aliphatic heterocycles. The van der Waals surface area contributed by atoms with Crippen LogP contribution < -0.4 is 31.7 Å². The second-order valence-electron chi connectivity index (χ2n) is 23.9. The molecule has 16 nitrogen and oxygen atoms in total. The minimum atomic E-state index is -1.65. The van der Waals surface area contributed by atoms with Crippen LogP contribution in [0, 0.1) is 0 Å². The van der Waals surface area contributed by atoms with Gasteiger partial charge >= 0.3 is 13.0 Å². The van der Waals surface area contributed by atoms with Crippen molar-refractivity contribution in [2.24, 2.45) is 10.2 Å². The molecule has 0 radical (unpaired) electrons. The van der Waals surface area contributed by atoms with Crippen LogP contribution in [0.4, 0.5) is 0 Å². The van der Waals surface area contributed by atoms with Gasteiger partial charge in [-0.15, -0.1) is 26.8 Å². The van der Waals surface area contributed by atoms with Crippen LogP contribution >= 0.6 is 31.7 Å². The molecule has 131 heavy (non-hydrogen) atoms. The lowest BCUT2D eigenvalue weighted by molar-refractivity contribution is -0.655. The van der Waals surface area contributed by atoms with E-state index < -0.39 is 13.0 Å². The van der Waals surface area contributed by atoms with E-state index in [-0.39, 0.29) is 15.8 Å². The van der Waals surface area contributed by atoms with Crippen molar-refractivity contribution in [3.8, 4) is 28.3 Å². The Hall–Kier alpha value is -9.80. The van der Waals surface area contributed by atoms with E-state index in [1.165, 1.54) is 23.2 Å². The monoisotopic (exact) mass is 1860 g/mol. The summed E-state index contributed by atoms with van der Waals surface area (Å²) in [6.07, 6.45) is 31.6. The van der Waals surface area contributed by atoms with E-state index in [1.807, 2.05) is 434 Å². The van der Waals surface area contributed by atoms with Crippen LogP contribution in [0.15, 0.2) is 321 Å². The Labute approximate surface area is 808 Å². The van der Waals surface area contributed by atoms with Crippen LogP contribution in [0.5, 0.6) is 0 Å². The van der Waals surface area contributed by atoms with E-state index >= 15 is 0 Å². The fourth-order valence-corrected chi connectivity index (χ4v) is 17.5. The Morgan fingerprint density at radius 3 is 0.962 bits per heavy atom. The number of hydrazone groups is 2. The molecule has 0 aliphatic carbocycles. The van der Waals surface area contributed by atoms with Crippen LogP contribution in [-0.2, 0) is 0 Å². The highest BCUT2D eigenvalue weighted by Crippen LogP contribution is 2.33. The number of hydrogen-bond donors (Lipinski definition) is 2. The third-order valence-corrected chi connectivity index (χ3v) is 21.5. The lowest BCUT2D eigenvalue weighted by atomic mass is 9.37. The molecule has 0 spiro atoms. The van der Waals surface area contributed by atoms with Gasteiger partial charge in [0.15, 0.2) is 0 Å². The van der Waals surface area contributed by atoms with Crippen molar-refractivity contribution in [3.63, 3.8) is 0 Å². The van der Waals surface area contributed by atoms with Gasteiger partial charge in [-0.2, -0.15) is 10.2 Å². The highest BCUT2D eigenvalue weighted by atomic mass is 31.1. The first-order valence-electron chi connectivity index (χ1n) is 49.0. The summed E-state index contributed by atoms with van der Waals surface area (Å²) in [5.74, 6) is 0. The van der Waals surface area contributed by atoms with Crippen molar-refractivity contribution in [1.29, 1.82) is 0 Å². The number of nitrogens with zero attached hydrogens (tertiary/aromatic N) is 14. The van der Waals surface area contributed by atoms with Gasteiger partial charge in [0.05, 0.1) is 48.5 Å². The number of para-hydroxylation sites is 1. The average molecular weight is 1870 g/mol. The standard InChI is InChI=1S/C18H17BN4.C15H15BN6.C11H9N.C10H16P2.C9H8N2.C8H7N3.C6H16P2.16C2H6/c1-3-9-17(10-4-1)19(22-15-7-13-20-22,23-16-8-14-21-23)18-11-5-2-6-12-18;1-2-7-15(8-3-1)16(20-12-4-9-17-20,21-13-5-10-18-21)22-14-6-11-19-22;1-2-6-10(7-3-1)11-8-4-5-9-12-11;1-11(2)9-7-5-6-8-10(9)12(3)4;1-2-5-9(6-3-1)11-8-4-7-10-11;1-2-5-9-7(3-1)8-4-6-10-11-8;1-7(2)5-6-8(3)4;16*1-2/h1-7,9-16H,8H2;1-5,7-14H,6H2;1-9H;5-8H,1-4H3;1-8H;1-6H,(H,10,11);5-6H2,1-4H3;16*1-2H3/p+1. The third kappa shape index (κ3) is 52.3. The molecule has 0 amide bonds. The quantitative estimate of drug-likeness (QED) is 0.0557. The number of aromatic amines is 2. The zero-order chi connectivity index (χ0) is 101. The molecule has 2 N–H and O–H groups in total. The lowest BCUT2D eigenvalue weighted by Gasteiger charge is -2.34. The Bertz CT molecular complexity index is 4220. The minimum absolute atomic E-state index is 0.0674. The Kier molecular flexibility index (Phi) is 103. The SMILES string of the molecule is C1=N[N+]([B-](c2ccccc2)(c2ccccc2)n2cccn2)=CC1.C1=N[N+]([B-](c2ccccc2)(n2cccn2)n2cccn2)=CC1.CC.CC.CC.CC.CC.CC.CC.CC.CC.CC.CC.CC.CC.CC.CC.CC.CP(C)CCP(C)C.CP(C)c1ccccc1P(C)C.c1ccc(-[n+]2ccc[nH]2)cc1.c1ccc(-c2ccccn2)cc1.c1ccc(-c2ccn[nH]2)nc1. The number of benzene rings is 6. The third-order valence-electron chi connectivity index (χ3n) is 16.0. The van der Waals surface area contributed by atoms with Gasteiger partial charge < -0.3 is 13.8 Å². The predicted molar refractivity (Wildman–Crippen MR) is 607 cm³/mol. The van der Waals surface area contributed by atoms with Gasteiger partial charge in [-0.05, 0) is 143 Å². The van der Waals surface area contributed by atoms with Crippen LogP contribution in [0.3, 0.4) is 0 Å². The van der Waals surface area contributed by atoms with Crippen molar-refractivity contribution in [2.75, 3.05) is 65.6 Å². The summed E-state index contributed by atoms with van der Waals surface area (Å²) in [7, 11) is 0.901. The first-order valence-corrected chi connectivity index (χ1v) is 58.3. The fourth-order valence-electron chi connectivity index (χ4n) is 11.3. The summed E-state index contributed by atoms with van der Waals surface area (Å²) >= 11 is 0. The van der Waals surface area contributed by atoms with E-state index in [0.29, 0.717) is 15.8 Å². The van der Waals surface area contributed by atoms with Crippen molar-refractivity contribution in [3.05, 3.63) is 311 Å². The Balaban J connectivity index is -0.000000218. The molecule has 13 aromatic rings. The predicted octanol–water partition coefficient (Wildman–Crippen LogP) is 29.1. The van der Waals surface area contributed by atoms with Gasteiger partial charge in [0.2, 0.25) is 11.9 Å². The fraction of sp³-hybridized carbons (Fsp3) is 0.404. The maximum atomic E-state index is 4.64. The molecule has 2 aliphatic rings. The second kappa shape index (κ2) is 99.2. The number of pyridine rings is 2. The van der Waals surface area contributed by atoms with Gasteiger partial charge in [0.1, 0.15) is 12.4 Å². The topological polar surface area (TPSA) is 158 Å². The molecular formula is C109H185B2N16P4+. The van der Waals surface area contributed by atoms with E-state index in [2.05, 4.69) is 230 Å². The molecule has 0 bridgehead atoms. The van der Waals surface area contributed by atoms with Gasteiger partial charge in [-0.25, -0.2) is 15.3 Å². The Morgan fingerprint density at radius 2 is 0.656 bits per heavy atom. The van der Waals surface area contributed by atoms with Gasteiger partial charge in [-0.3, -0.25) is 24.3 Å². The summed E-state index contributed by atoms with van der Waals surface area (Å²) in [4.78, 5) is 8.40. The number of nitrogens with one attached hydrogen (secondary N) is 2. The number of H-pyrrole nitrogens is 2. The number of hydrogen-bond acceptors (Lipinski definition) is 8. The van der Waals surface area contributed by atoms with Crippen LogP contribution in [-0.4, -0.2) is 167 Å². The van der Waals surface area contributed by atoms with Crippen LogP contribution in [0.2, 0.25) is 0 Å². The second-order valence-corrected chi connectivity index (χ2v) is 33.6. The zero-order valence-corrected chi connectivity index (χ0v) is 93.4. The summed E-state index contributed by atoms with van der Waals surface area (Å²) in [6.45, 7) is 81.1. The molecule has 0 unspecified atom stereocenters. The molecule has 6 aromatic carbocycles. The van der Waals surface area contributed by atoms with E-state index in [9.17, 15) is 0 Å². The Morgan fingerprint density at radius 1 is 0.321 bits per heavy atom. The van der Waals surface area contributed by atoms with Crippen molar-refractivity contribution in [2.45, 2.75) is 234 Å². The summed E-state index contributed by atoms with van der Waals surface area (Å²) in [5, 5.41) is 35.7. The first kappa shape index (κ1) is 137. The van der Waals surface area contributed by atoms with Crippen molar-refractivity contribution in [1.82, 2.24) is 54.3 Å². The molecule has 15 rings (SSSR count). The van der Waals surface area contributed by atoms with Gasteiger partial charge in [-0.1, -0.05) is 434 Å².